The van der Waals surface area contributed by atoms with Gasteiger partial charge in [0.25, 0.3) is 12.1 Å². The number of nitrogens with zero attached hydrogens (tertiary/aromatic N) is 4. The molecule has 0 amide bonds. The Balaban J connectivity index is 2.29. The SMILES string of the molecule is CC(Nc1ccc([N+](=O)[O-])cc1C(F)F)c1nn[nH]n1. The summed E-state index contributed by atoms with van der Waals surface area (Å²) in [7, 11) is 0. The van der Waals surface area contributed by atoms with Crippen LogP contribution >= 0.6 is 0 Å². The summed E-state index contributed by atoms with van der Waals surface area (Å²) in [6.45, 7) is 1.65. The minimum atomic E-state index is -2.84. The second kappa shape index (κ2) is 5.55. The number of tetrazole rings is 1. The van der Waals surface area contributed by atoms with E-state index in [-0.39, 0.29) is 5.69 Å². The van der Waals surface area contributed by atoms with E-state index >= 15 is 0 Å². The fourth-order valence-corrected chi connectivity index (χ4v) is 1.63. The van der Waals surface area contributed by atoms with Crippen molar-refractivity contribution in [3.8, 4) is 0 Å². The highest BCUT2D eigenvalue weighted by molar-refractivity contribution is 5.57. The molecule has 2 N–H and O–H groups in total. The molecule has 1 aromatic heterocycles. The predicted molar refractivity (Wildman–Crippen MR) is 64.3 cm³/mol. The molecule has 0 radical (unpaired) electrons. The Bertz CT molecular complexity index is 604. The standard InChI is InChI=1S/C10H10F2N6O2/c1-5(10-14-16-17-15-10)13-8-3-2-6(18(19)20)4-7(8)9(11)12/h2-5,9,13H,1H3,(H,14,15,16,17). The zero-order chi connectivity index (χ0) is 14.7. The van der Waals surface area contributed by atoms with E-state index in [1.807, 2.05) is 0 Å². The Morgan fingerprint density at radius 3 is 2.75 bits per heavy atom. The van der Waals surface area contributed by atoms with Gasteiger partial charge in [-0.2, -0.15) is 5.21 Å². The van der Waals surface area contributed by atoms with E-state index in [0.29, 0.717) is 5.82 Å². The summed E-state index contributed by atoms with van der Waals surface area (Å²) >= 11 is 0. The molecule has 0 fully saturated rings. The minimum absolute atomic E-state index is 0.0860. The summed E-state index contributed by atoms with van der Waals surface area (Å²) in [5, 5.41) is 26.4. The molecule has 10 heteroatoms. The van der Waals surface area contributed by atoms with Crippen LogP contribution in [-0.4, -0.2) is 25.5 Å². The third-order valence-corrected chi connectivity index (χ3v) is 2.60. The van der Waals surface area contributed by atoms with Crippen LogP contribution in [-0.2, 0) is 0 Å². The van der Waals surface area contributed by atoms with E-state index in [0.717, 1.165) is 12.1 Å². The summed E-state index contributed by atoms with van der Waals surface area (Å²) in [4.78, 5) is 9.88. The van der Waals surface area contributed by atoms with Gasteiger partial charge in [-0.25, -0.2) is 8.78 Å². The maximum absolute atomic E-state index is 13.0. The quantitative estimate of drug-likeness (QED) is 0.643. The summed E-state index contributed by atoms with van der Waals surface area (Å²) in [6, 6.07) is 2.75. The van der Waals surface area contributed by atoms with Crippen molar-refractivity contribution in [2.24, 2.45) is 0 Å². The van der Waals surface area contributed by atoms with Crippen molar-refractivity contribution in [3.05, 3.63) is 39.7 Å². The van der Waals surface area contributed by atoms with Crippen molar-refractivity contribution in [1.82, 2.24) is 20.6 Å². The van der Waals surface area contributed by atoms with E-state index in [4.69, 9.17) is 0 Å². The van der Waals surface area contributed by atoms with E-state index in [9.17, 15) is 18.9 Å². The topological polar surface area (TPSA) is 110 Å². The molecule has 0 aliphatic rings. The molecule has 0 bridgehead atoms. The van der Waals surface area contributed by atoms with Gasteiger partial charge in [-0.15, -0.1) is 10.2 Å². The van der Waals surface area contributed by atoms with Crippen LogP contribution in [0.25, 0.3) is 0 Å². The average Bonchev–Trinajstić information content (AvgIpc) is 2.92. The Hall–Kier alpha value is -2.65. The number of nitro benzene ring substituents is 1. The molecule has 8 nitrogen and oxygen atoms in total. The Kier molecular flexibility index (Phi) is 3.82. The normalized spacial score (nSPS) is 12.4. The molecule has 0 aliphatic carbocycles. The number of benzene rings is 1. The van der Waals surface area contributed by atoms with Gasteiger partial charge in [0.15, 0.2) is 5.82 Å². The van der Waals surface area contributed by atoms with Gasteiger partial charge >= 0.3 is 0 Å². The smallest absolute Gasteiger partial charge is 0.270 e. The molecule has 1 unspecified atom stereocenters. The largest absolute Gasteiger partial charge is 0.375 e. The first-order chi connectivity index (χ1) is 9.49. The molecule has 1 aromatic carbocycles. The van der Waals surface area contributed by atoms with Crippen molar-refractivity contribution in [2.45, 2.75) is 19.4 Å². The van der Waals surface area contributed by atoms with Gasteiger partial charge in [-0.3, -0.25) is 10.1 Å². The molecule has 0 spiro atoms. The second-order valence-electron chi connectivity index (χ2n) is 3.97. The van der Waals surface area contributed by atoms with E-state index < -0.39 is 28.6 Å². The number of nitro groups is 1. The van der Waals surface area contributed by atoms with Gasteiger partial charge in [-0.1, -0.05) is 5.21 Å². The molecule has 2 aromatic rings. The van der Waals surface area contributed by atoms with Crippen molar-refractivity contribution in [3.63, 3.8) is 0 Å². The number of H-pyrrole nitrogens is 1. The van der Waals surface area contributed by atoms with Crippen LogP contribution in [0.5, 0.6) is 0 Å². The summed E-state index contributed by atoms with van der Waals surface area (Å²) in [5.41, 5.74) is -0.754. The fraction of sp³-hybridized carbons (Fsp3) is 0.300. The number of rotatable bonds is 5. The third kappa shape index (κ3) is 2.84. The van der Waals surface area contributed by atoms with Crippen LogP contribution in [0.1, 0.15) is 30.8 Å². The Morgan fingerprint density at radius 2 is 2.20 bits per heavy atom. The monoisotopic (exact) mass is 284 g/mol. The van der Waals surface area contributed by atoms with Crippen LogP contribution in [0.2, 0.25) is 0 Å². The van der Waals surface area contributed by atoms with Crippen LogP contribution < -0.4 is 5.32 Å². The third-order valence-electron chi connectivity index (χ3n) is 2.60. The summed E-state index contributed by atoms with van der Waals surface area (Å²) in [5.74, 6) is 0.295. The Labute approximate surface area is 111 Å². The number of nitrogens with one attached hydrogen (secondary N) is 2. The number of hydrogen-bond acceptors (Lipinski definition) is 6. The van der Waals surface area contributed by atoms with Gasteiger partial charge in [0, 0.05) is 23.4 Å². The predicted octanol–water partition coefficient (Wildman–Crippen LogP) is 2.22. The number of hydrogen-bond donors (Lipinski definition) is 2. The zero-order valence-electron chi connectivity index (χ0n) is 10.2. The highest BCUT2D eigenvalue weighted by Gasteiger charge is 2.20. The molecule has 106 valence electrons. The fourth-order valence-electron chi connectivity index (χ4n) is 1.63. The minimum Gasteiger partial charge on any atom is -0.375 e. The zero-order valence-corrected chi connectivity index (χ0v) is 10.2. The first kappa shape index (κ1) is 13.8. The van der Waals surface area contributed by atoms with Crippen molar-refractivity contribution < 1.29 is 13.7 Å². The van der Waals surface area contributed by atoms with Crippen molar-refractivity contribution in [1.29, 1.82) is 0 Å². The molecule has 2 rings (SSSR count). The highest BCUT2D eigenvalue weighted by atomic mass is 19.3. The number of non-ortho nitro benzene ring substituents is 1. The van der Waals surface area contributed by atoms with Crippen molar-refractivity contribution >= 4 is 11.4 Å². The molecular weight excluding hydrogens is 274 g/mol. The first-order valence-corrected chi connectivity index (χ1v) is 5.55. The van der Waals surface area contributed by atoms with Gasteiger partial charge in [0.1, 0.15) is 0 Å². The maximum Gasteiger partial charge on any atom is 0.270 e. The number of alkyl halides is 2. The lowest BCUT2D eigenvalue weighted by molar-refractivity contribution is -0.385. The van der Waals surface area contributed by atoms with Crippen LogP contribution in [0.4, 0.5) is 20.2 Å². The molecule has 1 heterocycles. The van der Waals surface area contributed by atoms with E-state index in [1.54, 1.807) is 6.92 Å². The maximum atomic E-state index is 13.0. The average molecular weight is 284 g/mol. The lowest BCUT2D eigenvalue weighted by Gasteiger charge is -2.15. The van der Waals surface area contributed by atoms with Gasteiger partial charge in [0.05, 0.1) is 11.0 Å². The number of halogens is 2. The number of aromatic amines is 1. The van der Waals surface area contributed by atoms with Gasteiger partial charge in [-0.05, 0) is 13.0 Å². The van der Waals surface area contributed by atoms with Crippen LogP contribution in [0.15, 0.2) is 18.2 Å². The molecular formula is C10H10F2N6O2. The van der Waals surface area contributed by atoms with E-state index in [1.165, 1.54) is 6.07 Å². The van der Waals surface area contributed by atoms with Gasteiger partial charge in [0.2, 0.25) is 0 Å². The van der Waals surface area contributed by atoms with E-state index in [2.05, 4.69) is 25.9 Å². The van der Waals surface area contributed by atoms with Crippen LogP contribution in [0.3, 0.4) is 0 Å². The number of anilines is 1. The second-order valence-corrected chi connectivity index (χ2v) is 3.97. The molecule has 1 atom stereocenters. The molecule has 0 saturated carbocycles. The highest BCUT2D eigenvalue weighted by Crippen LogP contribution is 2.32. The molecule has 0 saturated heterocycles. The first-order valence-electron chi connectivity index (χ1n) is 5.55. The van der Waals surface area contributed by atoms with Crippen LogP contribution in [0, 0.1) is 10.1 Å². The molecule has 0 aliphatic heterocycles. The molecule has 20 heavy (non-hydrogen) atoms. The summed E-state index contributed by atoms with van der Waals surface area (Å²) < 4.78 is 25.9. The lowest BCUT2D eigenvalue weighted by atomic mass is 10.1. The Morgan fingerprint density at radius 1 is 1.45 bits per heavy atom. The number of aromatic nitrogens is 4. The lowest BCUT2D eigenvalue weighted by Crippen LogP contribution is -2.10. The van der Waals surface area contributed by atoms with Crippen molar-refractivity contribution in [2.75, 3.05) is 5.32 Å². The summed E-state index contributed by atoms with van der Waals surface area (Å²) in [6.07, 6.45) is -2.84. The van der Waals surface area contributed by atoms with Gasteiger partial charge < -0.3 is 5.32 Å².